The molecular weight excluding hydrogens is 199 g/mol. The van der Waals surface area contributed by atoms with Crippen molar-refractivity contribution in [3.63, 3.8) is 0 Å². The van der Waals surface area contributed by atoms with Crippen LogP contribution < -0.4 is 4.74 Å². The van der Waals surface area contributed by atoms with Gasteiger partial charge in [0.25, 0.3) is 0 Å². The van der Waals surface area contributed by atoms with E-state index in [2.05, 4.69) is 0 Å². The van der Waals surface area contributed by atoms with Crippen molar-refractivity contribution in [2.45, 2.75) is 13.8 Å². The van der Waals surface area contributed by atoms with Crippen molar-refractivity contribution in [2.75, 3.05) is 13.7 Å². The number of esters is 1. The molecule has 3 nitrogen and oxygen atoms in total. The lowest BCUT2D eigenvalue weighted by atomic mass is 10.1. The molecule has 0 heterocycles. The zero-order chi connectivity index (χ0) is 11.4. The fraction of sp³-hybridized carbons (Fsp3) is 0.364. The third-order valence-electron chi connectivity index (χ3n) is 2.04. The normalized spacial score (nSPS) is 9.87. The minimum Gasteiger partial charge on any atom is -0.495 e. The molecule has 0 aromatic heterocycles. The number of carbonyl (C=O) groups is 1. The highest BCUT2D eigenvalue weighted by Gasteiger charge is 2.17. The number of rotatable bonds is 3. The lowest BCUT2D eigenvalue weighted by Crippen LogP contribution is -2.08. The number of halogens is 1. The SMILES string of the molecule is CCOC(=O)c1ccc(F)c(C)c1OC. The van der Waals surface area contributed by atoms with Gasteiger partial charge in [0.2, 0.25) is 0 Å². The molecule has 0 unspecified atom stereocenters. The molecule has 0 spiro atoms. The predicted octanol–water partition coefficient (Wildman–Crippen LogP) is 2.32. The van der Waals surface area contributed by atoms with Crippen molar-refractivity contribution in [3.05, 3.63) is 29.1 Å². The molecule has 0 radical (unpaired) electrons. The van der Waals surface area contributed by atoms with Gasteiger partial charge in [-0.05, 0) is 26.0 Å². The molecule has 4 heteroatoms. The van der Waals surface area contributed by atoms with Gasteiger partial charge in [-0.2, -0.15) is 0 Å². The third-order valence-corrected chi connectivity index (χ3v) is 2.04. The van der Waals surface area contributed by atoms with E-state index in [-0.39, 0.29) is 17.9 Å². The fourth-order valence-corrected chi connectivity index (χ4v) is 1.30. The van der Waals surface area contributed by atoms with Crippen LogP contribution in [0.5, 0.6) is 5.75 Å². The van der Waals surface area contributed by atoms with Gasteiger partial charge in [-0.15, -0.1) is 0 Å². The summed E-state index contributed by atoms with van der Waals surface area (Å²) in [6.07, 6.45) is 0. The summed E-state index contributed by atoms with van der Waals surface area (Å²) in [7, 11) is 1.39. The standard InChI is InChI=1S/C11H13FO3/c1-4-15-11(13)8-5-6-9(12)7(2)10(8)14-3/h5-6H,4H2,1-3H3. The predicted molar refractivity (Wildman–Crippen MR) is 53.6 cm³/mol. The second kappa shape index (κ2) is 4.77. The molecule has 1 rings (SSSR count). The van der Waals surface area contributed by atoms with Gasteiger partial charge in [0.15, 0.2) is 0 Å². The first kappa shape index (κ1) is 11.5. The number of hydrogen-bond acceptors (Lipinski definition) is 3. The quantitative estimate of drug-likeness (QED) is 0.721. The van der Waals surface area contributed by atoms with Crippen LogP contribution in [0.25, 0.3) is 0 Å². The highest BCUT2D eigenvalue weighted by atomic mass is 19.1. The molecule has 0 aliphatic rings. The number of ether oxygens (including phenoxy) is 2. The molecule has 82 valence electrons. The summed E-state index contributed by atoms with van der Waals surface area (Å²) in [4.78, 5) is 11.5. The van der Waals surface area contributed by atoms with Crippen LogP contribution in [0.2, 0.25) is 0 Å². The van der Waals surface area contributed by atoms with Crippen molar-refractivity contribution in [3.8, 4) is 5.75 Å². The average molecular weight is 212 g/mol. The van der Waals surface area contributed by atoms with Gasteiger partial charge in [-0.3, -0.25) is 0 Å². The highest BCUT2D eigenvalue weighted by Crippen LogP contribution is 2.26. The first-order valence-corrected chi connectivity index (χ1v) is 4.62. The third kappa shape index (κ3) is 2.26. The summed E-state index contributed by atoms with van der Waals surface area (Å²) < 4.78 is 23.0. The maximum Gasteiger partial charge on any atom is 0.341 e. The van der Waals surface area contributed by atoms with Gasteiger partial charge in [-0.1, -0.05) is 0 Å². The van der Waals surface area contributed by atoms with Gasteiger partial charge in [0.05, 0.1) is 13.7 Å². The maximum atomic E-state index is 13.2. The molecule has 0 aliphatic carbocycles. The minimum atomic E-state index is -0.502. The molecule has 0 bridgehead atoms. The minimum absolute atomic E-state index is 0.230. The Hall–Kier alpha value is -1.58. The van der Waals surface area contributed by atoms with Crippen LogP contribution >= 0.6 is 0 Å². The maximum absolute atomic E-state index is 13.2. The molecule has 0 atom stereocenters. The molecule has 0 saturated carbocycles. The highest BCUT2D eigenvalue weighted by molar-refractivity contribution is 5.93. The summed E-state index contributed by atoms with van der Waals surface area (Å²) in [5.74, 6) is -0.675. The van der Waals surface area contributed by atoms with E-state index in [1.54, 1.807) is 13.8 Å². The van der Waals surface area contributed by atoms with Gasteiger partial charge in [0.1, 0.15) is 17.1 Å². The summed E-state index contributed by atoms with van der Waals surface area (Å²) in [5, 5.41) is 0. The van der Waals surface area contributed by atoms with Crippen molar-refractivity contribution < 1.29 is 18.7 Å². The van der Waals surface area contributed by atoms with Crippen LogP contribution in [0.4, 0.5) is 4.39 Å². The van der Waals surface area contributed by atoms with Crippen molar-refractivity contribution in [1.29, 1.82) is 0 Å². The Labute approximate surface area is 87.8 Å². The van der Waals surface area contributed by atoms with Gasteiger partial charge < -0.3 is 9.47 Å². The summed E-state index contributed by atoms with van der Waals surface area (Å²) >= 11 is 0. The van der Waals surface area contributed by atoms with Crippen LogP contribution in [0, 0.1) is 12.7 Å². The van der Waals surface area contributed by atoms with E-state index in [4.69, 9.17) is 9.47 Å². The van der Waals surface area contributed by atoms with Crippen molar-refractivity contribution in [1.82, 2.24) is 0 Å². The molecule has 0 N–H and O–H groups in total. The van der Waals surface area contributed by atoms with E-state index in [1.165, 1.54) is 19.2 Å². The topological polar surface area (TPSA) is 35.5 Å². The number of benzene rings is 1. The lowest BCUT2D eigenvalue weighted by Gasteiger charge is -2.10. The smallest absolute Gasteiger partial charge is 0.341 e. The molecule has 0 fully saturated rings. The molecule has 1 aromatic rings. The Morgan fingerprint density at radius 3 is 2.67 bits per heavy atom. The summed E-state index contributed by atoms with van der Waals surface area (Å²) in [6, 6.07) is 2.59. The summed E-state index contributed by atoms with van der Waals surface area (Å²) in [6.45, 7) is 3.54. The second-order valence-corrected chi connectivity index (χ2v) is 2.97. The largest absolute Gasteiger partial charge is 0.495 e. The lowest BCUT2D eigenvalue weighted by molar-refractivity contribution is 0.0522. The van der Waals surface area contributed by atoms with Crippen LogP contribution in [0.15, 0.2) is 12.1 Å². The van der Waals surface area contributed by atoms with E-state index in [9.17, 15) is 9.18 Å². The van der Waals surface area contributed by atoms with Crippen molar-refractivity contribution >= 4 is 5.97 Å². The molecule has 0 saturated heterocycles. The molecule has 1 aromatic carbocycles. The van der Waals surface area contributed by atoms with Crippen LogP contribution in [0.3, 0.4) is 0 Å². The van der Waals surface area contributed by atoms with E-state index in [0.29, 0.717) is 5.56 Å². The number of carbonyl (C=O) groups excluding carboxylic acids is 1. The Bertz CT molecular complexity index is 374. The Kier molecular flexibility index (Phi) is 3.66. The number of methoxy groups -OCH3 is 1. The van der Waals surface area contributed by atoms with E-state index < -0.39 is 11.8 Å². The monoisotopic (exact) mass is 212 g/mol. The molecule has 0 amide bonds. The van der Waals surface area contributed by atoms with Crippen LogP contribution in [0.1, 0.15) is 22.8 Å². The Balaban J connectivity index is 3.18. The Morgan fingerprint density at radius 1 is 1.47 bits per heavy atom. The molecule has 0 aliphatic heterocycles. The van der Waals surface area contributed by atoms with E-state index in [1.807, 2.05) is 0 Å². The average Bonchev–Trinajstić information content (AvgIpc) is 2.22. The Morgan fingerprint density at radius 2 is 2.13 bits per heavy atom. The zero-order valence-corrected chi connectivity index (χ0v) is 8.96. The van der Waals surface area contributed by atoms with Crippen LogP contribution in [-0.4, -0.2) is 19.7 Å². The van der Waals surface area contributed by atoms with Gasteiger partial charge >= 0.3 is 5.97 Å². The van der Waals surface area contributed by atoms with Gasteiger partial charge in [0, 0.05) is 5.56 Å². The van der Waals surface area contributed by atoms with E-state index in [0.717, 1.165) is 0 Å². The number of hydrogen-bond donors (Lipinski definition) is 0. The molecular formula is C11H13FO3. The van der Waals surface area contributed by atoms with E-state index >= 15 is 0 Å². The van der Waals surface area contributed by atoms with Gasteiger partial charge in [-0.25, -0.2) is 9.18 Å². The fourth-order valence-electron chi connectivity index (χ4n) is 1.30. The van der Waals surface area contributed by atoms with Crippen molar-refractivity contribution in [2.24, 2.45) is 0 Å². The second-order valence-electron chi connectivity index (χ2n) is 2.97. The zero-order valence-electron chi connectivity index (χ0n) is 8.96. The van der Waals surface area contributed by atoms with Crippen LogP contribution in [-0.2, 0) is 4.74 Å². The summed E-state index contributed by atoms with van der Waals surface area (Å²) in [5.41, 5.74) is 0.557. The first-order chi connectivity index (χ1) is 7.11. The molecule has 15 heavy (non-hydrogen) atoms. The first-order valence-electron chi connectivity index (χ1n) is 4.62.